The lowest BCUT2D eigenvalue weighted by molar-refractivity contribution is 0.245. The molecule has 0 saturated carbocycles. The van der Waals surface area contributed by atoms with Crippen molar-refractivity contribution in [3.63, 3.8) is 0 Å². The van der Waals surface area contributed by atoms with E-state index in [9.17, 15) is 8.42 Å². The lowest BCUT2D eigenvalue weighted by Crippen LogP contribution is -2.44. The molecule has 5 nitrogen and oxygen atoms in total. The standard InChI is InChI=1S/C14H24N2O3S/c1-9-8-12(15)11(3)13(10(9)2)20(18,19)16-14(4,5)6-7-17/h8,16-17H,6-7,15H2,1-5H3. The Bertz CT molecular complexity index is 581. The SMILES string of the molecule is Cc1cc(N)c(C)c(S(=O)(=O)NC(C)(C)CCO)c1C. The van der Waals surface area contributed by atoms with Gasteiger partial charge in [-0.25, -0.2) is 13.1 Å². The van der Waals surface area contributed by atoms with Gasteiger partial charge in [-0.2, -0.15) is 0 Å². The molecule has 0 aliphatic heterocycles. The molecule has 0 aliphatic rings. The van der Waals surface area contributed by atoms with Crippen molar-refractivity contribution in [2.24, 2.45) is 0 Å². The summed E-state index contributed by atoms with van der Waals surface area (Å²) >= 11 is 0. The maximum atomic E-state index is 12.6. The average Bonchev–Trinajstić information content (AvgIpc) is 2.24. The van der Waals surface area contributed by atoms with Gasteiger partial charge in [-0.1, -0.05) is 0 Å². The fraction of sp³-hybridized carbons (Fsp3) is 0.571. The van der Waals surface area contributed by atoms with Crippen LogP contribution >= 0.6 is 0 Å². The summed E-state index contributed by atoms with van der Waals surface area (Å²) in [4.78, 5) is 0.237. The Kier molecular flexibility index (Phi) is 4.84. The van der Waals surface area contributed by atoms with Crippen LogP contribution in [-0.2, 0) is 10.0 Å². The van der Waals surface area contributed by atoms with Crippen molar-refractivity contribution in [3.05, 3.63) is 22.8 Å². The topological polar surface area (TPSA) is 92.4 Å². The minimum atomic E-state index is -3.69. The monoisotopic (exact) mass is 300 g/mol. The summed E-state index contributed by atoms with van der Waals surface area (Å²) in [6.07, 6.45) is 0.339. The van der Waals surface area contributed by atoms with Gasteiger partial charge in [0.15, 0.2) is 0 Å². The van der Waals surface area contributed by atoms with Crippen molar-refractivity contribution in [2.75, 3.05) is 12.3 Å². The van der Waals surface area contributed by atoms with Gasteiger partial charge in [-0.3, -0.25) is 0 Å². The third-order valence-corrected chi connectivity index (χ3v) is 5.47. The van der Waals surface area contributed by atoms with Crippen LogP contribution in [0.3, 0.4) is 0 Å². The Morgan fingerprint density at radius 3 is 2.30 bits per heavy atom. The molecule has 0 aromatic heterocycles. The van der Waals surface area contributed by atoms with E-state index in [1.165, 1.54) is 0 Å². The van der Waals surface area contributed by atoms with E-state index in [1.54, 1.807) is 33.8 Å². The zero-order valence-corrected chi connectivity index (χ0v) is 13.6. The quantitative estimate of drug-likeness (QED) is 0.721. The lowest BCUT2D eigenvalue weighted by atomic mass is 10.0. The predicted octanol–water partition coefficient (Wildman–Crippen LogP) is 1.63. The molecule has 0 amide bonds. The van der Waals surface area contributed by atoms with Crippen molar-refractivity contribution in [1.82, 2.24) is 4.72 Å². The highest BCUT2D eigenvalue weighted by Crippen LogP contribution is 2.28. The second-order valence-corrected chi connectivity index (χ2v) is 7.44. The van der Waals surface area contributed by atoms with Crippen LogP contribution in [0.15, 0.2) is 11.0 Å². The van der Waals surface area contributed by atoms with Gasteiger partial charge in [0.05, 0.1) is 4.90 Å². The fourth-order valence-electron chi connectivity index (χ4n) is 2.19. The third-order valence-electron chi connectivity index (χ3n) is 3.49. The van der Waals surface area contributed by atoms with Gasteiger partial charge in [0.25, 0.3) is 0 Å². The molecule has 0 bridgehead atoms. The highest BCUT2D eigenvalue weighted by molar-refractivity contribution is 7.89. The van der Waals surface area contributed by atoms with E-state index >= 15 is 0 Å². The van der Waals surface area contributed by atoms with Gasteiger partial charge >= 0.3 is 0 Å². The summed E-state index contributed by atoms with van der Waals surface area (Å²) in [7, 11) is -3.69. The maximum Gasteiger partial charge on any atom is 0.241 e. The number of benzene rings is 1. The predicted molar refractivity (Wildman–Crippen MR) is 81.2 cm³/mol. The molecule has 0 fully saturated rings. The normalized spacial score (nSPS) is 12.7. The number of anilines is 1. The summed E-state index contributed by atoms with van der Waals surface area (Å²) in [6, 6.07) is 1.78. The average molecular weight is 300 g/mol. The number of nitrogens with two attached hydrogens (primary N) is 1. The van der Waals surface area contributed by atoms with Crippen LogP contribution in [0.2, 0.25) is 0 Å². The van der Waals surface area contributed by atoms with E-state index < -0.39 is 15.6 Å². The number of hydrogen-bond donors (Lipinski definition) is 3. The molecule has 0 aliphatic carbocycles. The molecule has 4 N–H and O–H groups in total. The lowest BCUT2D eigenvalue weighted by Gasteiger charge is -2.26. The molecule has 6 heteroatoms. The zero-order chi connectivity index (χ0) is 15.7. The molecule has 1 rings (SSSR count). The van der Waals surface area contributed by atoms with E-state index in [1.807, 2.05) is 6.92 Å². The van der Waals surface area contributed by atoms with Gasteiger partial charge in [0, 0.05) is 17.8 Å². The van der Waals surface area contributed by atoms with Gasteiger partial charge in [-0.05, 0) is 63.8 Å². The van der Waals surface area contributed by atoms with Gasteiger partial charge in [-0.15, -0.1) is 0 Å². The number of sulfonamides is 1. The Balaban J connectivity index is 3.37. The minimum Gasteiger partial charge on any atom is -0.398 e. The molecule has 1 aromatic rings. The summed E-state index contributed by atoms with van der Waals surface area (Å²) in [6.45, 7) is 8.71. The number of nitrogen functional groups attached to an aromatic ring is 1. The summed E-state index contributed by atoms with van der Waals surface area (Å²) in [5.74, 6) is 0. The summed E-state index contributed by atoms with van der Waals surface area (Å²) < 4.78 is 27.9. The van der Waals surface area contributed by atoms with E-state index in [0.29, 0.717) is 23.2 Å². The molecule has 0 spiro atoms. The molecule has 0 heterocycles. The van der Waals surface area contributed by atoms with Crippen LogP contribution < -0.4 is 10.5 Å². The number of aryl methyl sites for hydroxylation is 1. The number of aliphatic hydroxyl groups is 1. The Morgan fingerprint density at radius 2 is 1.80 bits per heavy atom. The van der Waals surface area contributed by atoms with Crippen molar-refractivity contribution >= 4 is 15.7 Å². The summed E-state index contributed by atoms with van der Waals surface area (Å²) in [5, 5.41) is 9.01. The fourth-order valence-corrected chi connectivity index (χ4v) is 4.21. The molecule has 20 heavy (non-hydrogen) atoms. The van der Waals surface area contributed by atoms with Gasteiger partial charge in [0.1, 0.15) is 0 Å². The van der Waals surface area contributed by atoms with Crippen LogP contribution in [0.5, 0.6) is 0 Å². The molecule has 1 aromatic carbocycles. The molecule has 114 valence electrons. The van der Waals surface area contributed by atoms with Crippen LogP contribution in [0, 0.1) is 20.8 Å². The van der Waals surface area contributed by atoms with Crippen molar-refractivity contribution < 1.29 is 13.5 Å². The first-order valence-electron chi connectivity index (χ1n) is 6.53. The van der Waals surface area contributed by atoms with E-state index in [0.717, 1.165) is 5.56 Å². The van der Waals surface area contributed by atoms with Crippen LogP contribution in [-0.4, -0.2) is 25.7 Å². The molecular weight excluding hydrogens is 276 g/mol. The highest BCUT2D eigenvalue weighted by atomic mass is 32.2. The molecular formula is C14H24N2O3S. The smallest absolute Gasteiger partial charge is 0.241 e. The molecule has 0 radical (unpaired) electrons. The maximum absolute atomic E-state index is 12.6. The number of nitrogens with one attached hydrogen (secondary N) is 1. The van der Waals surface area contributed by atoms with Crippen LogP contribution in [0.1, 0.15) is 37.0 Å². The third kappa shape index (κ3) is 3.50. The van der Waals surface area contributed by atoms with Crippen molar-refractivity contribution in [2.45, 2.75) is 51.5 Å². The molecule has 0 saturated heterocycles. The summed E-state index contributed by atoms with van der Waals surface area (Å²) in [5.41, 5.74) is 7.72. The Labute approximate surface area is 121 Å². The van der Waals surface area contributed by atoms with Crippen LogP contribution in [0.4, 0.5) is 5.69 Å². The zero-order valence-electron chi connectivity index (χ0n) is 12.7. The number of hydrogen-bond acceptors (Lipinski definition) is 4. The second kappa shape index (κ2) is 5.71. The number of aliphatic hydroxyl groups excluding tert-OH is 1. The van der Waals surface area contributed by atoms with Gasteiger partial charge in [0.2, 0.25) is 10.0 Å². The Morgan fingerprint density at radius 1 is 1.25 bits per heavy atom. The largest absolute Gasteiger partial charge is 0.398 e. The Hall–Kier alpha value is -1.11. The van der Waals surface area contributed by atoms with Crippen molar-refractivity contribution in [1.29, 1.82) is 0 Å². The first kappa shape index (κ1) is 16.9. The van der Waals surface area contributed by atoms with E-state index in [-0.39, 0.29) is 11.5 Å². The van der Waals surface area contributed by atoms with Crippen molar-refractivity contribution in [3.8, 4) is 0 Å². The second-order valence-electron chi connectivity index (χ2n) is 5.82. The first-order chi connectivity index (χ1) is 9.02. The minimum absolute atomic E-state index is 0.0799. The number of rotatable bonds is 5. The van der Waals surface area contributed by atoms with E-state index in [4.69, 9.17) is 10.8 Å². The van der Waals surface area contributed by atoms with Crippen LogP contribution in [0.25, 0.3) is 0 Å². The highest BCUT2D eigenvalue weighted by Gasteiger charge is 2.29. The van der Waals surface area contributed by atoms with E-state index in [2.05, 4.69) is 4.72 Å². The first-order valence-corrected chi connectivity index (χ1v) is 8.01. The molecule has 0 atom stereocenters. The molecule has 0 unspecified atom stereocenters. The van der Waals surface area contributed by atoms with Gasteiger partial charge < -0.3 is 10.8 Å².